The van der Waals surface area contributed by atoms with Gasteiger partial charge in [0.15, 0.2) is 0 Å². The van der Waals surface area contributed by atoms with Crippen LogP contribution in [0.15, 0.2) is 143 Å². The maximum absolute atomic E-state index is 8.49. The summed E-state index contributed by atoms with van der Waals surface area (Å²) in [6.45, 7) is 8.07. The maximum Gasteiger partial charge on any atom is 3.00 e. The Balaban J connectivity index is 0.000000413. The summed E-state index contributed by atoms with van der Waals surface area (Å²) < 4.78 is 34.0. The van der Waals surface area contributed by atoms with Gasteiger partial charge in [0.1, 0.15) is 11.4 Å². The van der Waals surface area contributed by atoms with Crippen molar-refractivity contribution in [3.63, 3.8) is 0 Å². The number of hydrogen-bond acceptors (Lipinski definition) is 14. The van der Waals surface area contributed by atoms with Crippen molar-refractivity contribution in [3.8, 4) is 0 Å². The van der Waals surface area contributed by atoms with E-state index in [1.807, 2.05) is 72.8 Å². The van der Waals surface area contributed by atoms with Crippen LogP contribution in [-0.4, -0.2) is 54.8 Å². The van der Waals surface area contributed by atoms with Gasteiger partial charge in [-0.15, -0.1) is 23.4 Å². The van der Waals surface area contributed by atoms with E-state index in [9.17, 15) is 0 Å². The summed E-state index contributed by atoms with van der Waals surface area (Å²) in [5.41, 5.74) is 9.50. The summed E-state index contributed by atoms with van der Waals surface area (Å²) in [4.78, 5) is 25.3. The van der Waals surface area contributed by atoms with Gasteiger partial charge in [0.25, 0.3) is 0 Å². The molecule has 0 saturated carbocycles. The monoisotopic (exact) mass is 750 g/mol. The molecule has 4 heterocycles. The molecule has 0 unspecified atom stereocenters. The van der Waals surface area contributed by atoms with Crippen LogP contribution in [0.5, 0.6) is 0 Å². The second kappa shape index (κ2) is 23.7. The first-order chi connectivity index (χ1) is 22.6. The molecule has 0 spiro atoms. The number of rotatable bonds is 10. The molecule has 250 valence electrons. The summed E-state index contributed by atoms with van der Waals surface area (Å²) in [6, 6.07) is 22.4. The van der Waals surface area contributed by atoms with Crippen LogP contribution < -0.4 is 29.5 Å². The fraction of sp³-hybridized carbons (Fsp3) is 0.0667. The van der Waals surface area contributed by atoms with Crippen LogP contribution in [0.4, 0.5) is 0 Å². The Kier molecular flexibility index (Phi) is 20.5. The van der Waals surface area contributed by atoms with Gasteiger partial charge in [0, 0.05) is 24.8 Å². The van der Waals surface area contributed by atoms with Gasteiger partial charge in [-0.25, -0.2) is 18.6 Å². The van der Waals surface area contributed by atoms with E-state index < -0.39 is 10.2 Å². The molecular weight excluding hydrogens is 723 g/mol. The van der Waals surface area contributed by atoms with Crippen LogP contribution in [0.25, 0.3) is 0 Å². The van der Waals surface area contributed by atoms with Gasteiger partial charge in [0.05, 0.1) is 35.9 Å². The average Bonchev–Trinajstić information content (AvgIpc) is 3.08. The third-order valence-corrected chi connectivity index (χ3v) is 5.33. The van der Waals surface area contributed by atoms with Gasteiger partial charge in [-0.2, -0.15) is 10.2 Å². The molecule has 0 amide bonds. The molecule has 4 rings (SSSR count). The zero-order valence-electron chi connectivity index (χ0n) is 25.0. The Bertz CT molecular complexity index is 1430. The van der Waals surface area contributed by atoms with Crippen molar-refractivity contribution in [2.45, 2.75) is 0 Å². The predicted octanol–water partition coefficient (Wildman–Crippen LogP) is -0.943. The SMILES string of the molecule is C=CCN=C([S-])NN=C(c1ccccn1)c1ccccn1.C=CCN=C([S-])NN=C(c1ccccn1)c1ccccn1.[Co+3].[O-][Cl+3]([O-])([O-])[O-]. The quantitative estimate of drug-likeness (QED) is 0.0660. The Morgan fingerprint density at radius 3 is 1.08 bits per heavy atom. The molecule has 48 heavy (non-hydrogen) atoms. The van der Waals surface area contributed by atoms with Gasteiger partial charge in [-0.05, 0) is 58.9 Å². The largest absolute Gasteiger partial charge is 3.00 e. The molecular formula is C30H28ClCoN10O4S2. The minimum absolute atomic E-state index is 0. The predicted molar refractivity (Wildman–Crippen MR) is 174 cm³/mol. The molecule has 0 aliphatic rings. The normalized spacial score (nSPS) is 10.7. The molecule has 0 aromatic carbocycles. The Hall–Kier alpha value is -4.56. The van der Waals surface area contributed by atoms with Crippen molar-refractivity contribution in [1.29, 1.82) is 0 Å². The van der Waals surface area contributed by atoms with Crippen LogP contribution in [0, 0.1) is 10.2 Å². The molecule has 18 heteroatoms. The van der Waals surface area contributed by atoms with E-state index in [2.05, 4.69) is 64.1 Å². The van der Waals surface area contributed by atoms with E-state index in [0.717, 1.165) is 0 Å². The van der Waals surface area contributed by atoms with Crippen LogP contribution in [0.1, 0.15) is 22.8 Å². The van der Waals surface area contributed by atoms with E-state index in [1.165, 1.54) is 0 Å². The van der Waals surface area contributed by atoms with Gasteiger partial charge in [0.2, 0.25) is 0 Å². The number of nitrogens with zero attached hydrogens (tertiary/aromatic N) is 8. The molecule has 0 aliphatic heterocycles. The maximum atomic E-state index is 8.49. The van der Waals surface area contributed by atoms with Gasteiger partial charge < -0.3 is 25.3 Å². The second-order valence-electron chi connectivity index (χ2n) is 8.25. The minimum Gasteiger partial charge on any atom is -0.741 e. The fourth-order valence-corrected chi connectivity index (χ4v) is 3.32. The van der Waals surface area contributed by atoms with Crippen LogP contribution in [0.3, 0.4) is 0 Å². The zero-order valence-corrected chi connectivity index (χ0v) is 28.4. The number of hydrogen-bond donors (Lipinski definition) is 2. The molecule has 14 nitrogen and oxygen atoms in total. The van der Waals surface area contributed by atoms with E-state index >= 15 is 0 Å². The molecule has 2 N–H and O–H groups in total. The van der Waals surface area contributed by atoms with E-state index in [4.69, 9.17) is 43.9 Å². The molecule has 4 aromatic rings. The van der Waals surface area contributed by atoms with Gasteiger partial charge in [-0.3, -0.25) is 40.8 Å². The van der Waals surface area contributed by atoms with Crippen LogP contribution >= 0.6 is 0 Å². The number of hydrazone groups is 2. The van der Waals surface area contributed by atoms with Crippen LogP contribution in [-0.2, 0) is 42.0 Å². The molecule has 0 bridgehead atoms. The molecule has 0 atom stereocenters. The van der Waals surface area contributed by atoms with Crippen molar-refractivity contribution >= 4 is 47.0 Å². The van der Waals surface area contributed by atoms with Gasteiger partial charge >= 0.3 is 16.8 Å². The zero-order chi connectivity index (χ0) is 34.3. The second-order valence-corrected chi connectivity index (χ2v) is 9.78. The number of pyridine rings is 4. The minimum atomic E-state index is -4.94. The number of amidine groups is 2. The third-order valence-electron chi connectivity index (χ3n) is 4.88. The standard InChI is InChI=1S/2C15H15N5S.ClHO4.Co/c2*1-2-9-18-15(21)20-19-14(12-7-3-5-10-16-12)13-8-4-6-11-17-13;2-1(3,4)5;/h2*2-8,10-11H,1,9H2,(H2,18,20,21);(H,2,3,4,5);/q;;;+3/p-3. The van der Waals surface area contributed by atoms with E-state index in [1.54, 1.807) is 36.9 Å². The summed E-state index contributed by atoms with van der Waals surface area (Å²) in [5, 5.41) is 9.16. The summed E-state index contributed by atoms with van der Waals surface area (Å²) in [6.07, 6.45) is 10.1. The first-order valence-electron chi connectivity index (χ1n) is 13.2. The molecule has 0 saturated heterocycles. The van der Waals surface area contributed by atoms with Crippen molar-refractivity contribution in [1.82, 2.24) is 30.8 Å². The number of nitrogens with one attached hydrogen (secondary N) is 2. The first-order valence-corrected chi connectivity index (χ1v) is 15.3. The summed E-state index contributed by atoms with van der Waals surface area (Å²) in [7, 11) is -4.94. The van der Waals surface area contributed by atoms with Crippen molar-refractivity contribution < 1.29 is 45.7 Å². The number of halogens is 1. The summed E-state index contributed by atoms with van der Waals surface area (Å²) >= 11 is 10.1. The van der Waals surface area contributed by atoms with Crippen molar-refractivity contribution in [3.05, 3.63) is 146 Å². The molecule has 4 aromatic heterocycles. The van der Waals surface area contributed by atoms with Crippen molar-refractivity contribution in [2.75, 3.05) is 13.1 Å². The molecule has 0 aliphatic carbocycles. The third kappa shape index (κ3) is 18.0. The average molecular weight is 751 g/mol. The van der Waals surface area contributed by atoms with E-state index in [-0.39, 0.29) is 16.8 Å². The van der Waals surface area contributed by atoms with Crippen molar-refractivity contribution in [2.24, 2.45) is 20.2 Å². The topological polar surface area (TPSA) is 217 Å². The van der Waals surface area contributed by atoms with Crippen LogP contribution in [0.2, 0.25) is 0 Å². The Morgan fingerprint density at radius 1 is 0.604 bits per heavy atom. The fourth-order valence-electron chi connectivity index (χ4n) is 3.08. The van der Waals surface area contributed by atoms with E-state index in [0.29, 0.717) is 57.6 Å². The van der Waals surface area contributed by atoms with Gasteiger partial charge in [-0.1, -0.05) is 36.4 Å². The number of aliphatic imine (C=N–C) groups is 2. The summed E-state index contributed by atoms with van der Waals surface area (Å²) in [5.74, 6) is 0. The number of aromatic nitrogens is 4. The Labute approximate surface area is 301 Å². The smallest absolute Gasteiger partial charge is 0.741 e. The molecule has 0 radical (unpaired) electrons. The first kappa shape index (κ1) is 41.5. The molecule has 0 fully saturated rings. The Morgan fingerprint density at radius 2 is 0.875 bits per heavy atom.